The third-order valence-corrected chi connectivity index (χ3v) is 4.97. The van der Waals surface area contributed by atoms with Gasteiger partial charge < -0.3 is 4.90 Å². The number of benzene rings is 2. The zero-order valence-corrected chi connectivity index (χ0v) is 16.0. The van der Waals surface area contributed by atoms with Crippen LogP contribution < -0.4 is 10.9 Å². The van der Waals surface area contributed by atoms with E-state index in [-0.39, 0.29) is 24.6 Å². The third kappa shape index (κ3) is 5.08. The van der Waals surface area contributed by atoms with E-state index in [4.69, 9.17) is 11.6 Å². The quantitative estimate of drug-likeness (QED) is 0.748. The molecule has 0 radical (unpaired) electrons. The van der Waals surface area contributed by atoms with Crippen molar-refractivity contribution in [1.29, 1.82) is 0 Å². The van der Waals surface area contributed by atoms with Crippen molar-refractivity contribution in [2.45, 2.75) is 12.8 Å². The molecular formula is C20H18ClF2N3O3. The van der Waals surface area contributed by atoms with E-state index in [0.717, 1.165) is 12.1 Å². The molecule has 3 rings (SSSR count). The first-order valence-corrected chi connectivity index (χ1v) is 9.33. The Balaban J connectivity index is 1.49. The van der Waals surface area contributed by atoms with Gasteiger partial charge in [0.1, 0.15) is 11.6 Å². The number of piperidine rings is 1. The van der Waals surface area contributed by atoms with Crippen molar-refractivity contribution in [2.75, 3.05) is 13.1 Å². The van der Waals surface area contributed by atoms with Crippen LogP contribution in [0.3, 0.4) is 0 Å². The number of hydrogen-bond acceptors (Lipinski definition) is 3. The first kappa shape index (κ1) is 20.7. The maximum absolute atomic E-state index is 13.8. The van der Waals surface area contributed by atoms with Crippen molar-refractivity contribution >= 4 is 29.3 Å². The molecule has 6 nitrogen and oxygen atoms in total. The molecule has 0 aromatic heterocycles. The molecule has 2 N–H and O–H groups in total. The normalized spacial score (nSPS) is 14.4. The number of hydrazine groups is 1. The van der Waals surface area contributed by atoms with Gasteiger partial charge in [-0.1, -0.05) is 11.6 Å². The minimum atomic E-state index is -0.917. The van der Waals surface area contributed by atoms with Gasteiger partial charge in [-0.05, 0) is 49.2 Å². The predicted molar refractivity (Wildman–Crippen MR) is 102 cm³/mol. The number of hydrogen-bond donors (Lipinski definition) is 2. The summed E-state index contributed by atoms with van der Waals surface area (Å²) < 4.78 is 26.8. The number of amides is 3. The smallest absolute Gasteiger partial charge is 0.269 e. The van der Waals surface area contributed by atoms with Gasteiger partial charge in [0.2, 0.25) is 5.91 Å². The largest absolute Gasteiger partial charge is 0.339 e. The van der Waals surface area contributed by atoms with E-state index in [1.54, 1.807) is 12.1 Å². The second-order valence-corrected chi connectivity index (χ2v) is 7.08. The van der Waals surface area contributed by atoms with Crippen LogP contribution in [0.5, 0.6) is 0 Å². The van der Waals surface area contributed by atoms with Crippen molar-refractivity contribution in [3.05, 3.63) is 70.2 Å². The highest BCUT2D eigenvalue weighted by Crippen LogP contribution is 2.20. The number of carbonyl (C=O) groups excluding carboxylic acids is 3. The Morgan fingerprint density at radius 3 is 2.24 bits per heavy atom. The van der Waals surface area contributed by atoms with Crippen molar-refractivity contribution in [2.24, 2.45) is 5.92 Å². The van der Waals surface area contributed by atoms with Crippen LogP contribution in [0.25, 0.3) is 0 Å². The molecule has 9 heteroatoms. The Bertz CT molecular complexity index is 929. The standard InChI is InChI=1S/C20H18ClF2N3O3/c21-14-3-1-12(2-4-14)18(27)24-25-19(28)13-7-9-26(10-8-13)20(29)16-6-5-15(22)11-17(16)23/h1-6,11,13H,7-10H2,(H,24,27)(H,25,28). The minimum Gasteiger partial charge on any atom is -0.339 e. The van der Waals surface area contributed by atoms with Gasteiger partial charge in [-0.15, -0.1) is 0 Å². The zero-order chi connectivity index (χ0) is 21.0. The maximum Gasteiger partial charge on any atom is 0.269 e. The Kier molecular flexibility index (Phi) is 6.43. The number of nitrogens with zero attached hydrogens (tertiary/aromatic N) is 1. The molecule has 0 spiro atoms. The lowest BCUT2D eigenvalue weighted by molar-refractivity contribution is -0.127. The summed E-state index contributed by atoms with van der Waals surface area (Å²) in [5.41, 5.74) is 4.86. The Morgan fingerprint density at radius 1 is 0.966 bits per heavy atom. The fourth-order valence-electron chi connectivity index (χ4n) is 3.07. The van der Waals surface area contributed by atoms with E-state index in [2.05, 4.69) is 10.9 Å². The van der Waals surface area contributed by atoms with Crippen LogP contribution in [-0.2, 0) is 4.79 Å². The number of rotatable bonds is 3. The summed E-state index contributed by atoms with van der Waals surface area (Å²) in [5.74, 6) is -3.46. The van der Waals surface area contributed by atoms with Gasteiger partial charge in [0.25, 0.3) is 11.8 Å². The highest BCUT2D eigenvalue weighted by molar-refractivity contribution is 6.30. The second kappa shape index (κ2) is 9.00. The van der Waals surface area contributed by atoms with E-state index in [0.29, 0.717) is 29.5 Å². The van der Waals surface area contributed by atoms with Crippen molar-refractivity contribution in [3.63, 3.8) is 0 Å². The van der Waals surface area contributed by atoms with Crippen LogP contribution in [0.2, 0.25) is 5.02 Å². The van der Waals surface area contributed by atoms with Crippen molar-refractivity contribution in [3.8, 4) is 0 Å². The molecule has 0 bridgehead atoms. The Morgan fingerprint density at radius 2 is 1.62 bits per heavy atom. The van der Waals surface area contributed by atoms with Crippen LogP contribution in [0.4, 0.5) is 8.78 Å². The molecule has 0 saturated carbocycles. The average molecular weight is 422 g/mol. The predicted octanol–water partition coefficient (Wildman–Crippen LogP) is 2.93. The molecule has 2 aromatic carbocycles. The summed E-state index contributed by atoms with van der Waals surface area (Å²) in [6.45, 7) is 0.498. The van der Waals surface area contributed by atoms with E-state index in [9.17, 15) is 23.2 Å². The number of halogens is 3. The van der Waals surface area contributed by atoms with Gasteiger partial charge in [0.05, 0.1) is 5.56 Å². The molecule has 1 aliphatic rings. The van der Waals surface area contributed by atoms with Crippen LogP contribution in [0.1, 0.15) is 33.6 Å². The summed E-state index contributed by atoms with van der Waals surface area (Å²) in [7, 11) is 0. The second-order valence-electron chi connectivity index (χ2n) is 6.64. The SMILES string of the molecule is O=C(NNC(=O)C1CCN(C(=O)c2ccc(F)cc2F)CC1)c1ccc(Cl)cc1. The molecule has 0 aliphatic carbocycles. The first-order chi connectivity index (χ1) is 13.8. The minimum absolute atomic E-state index is 0.204. The lowest BCUT2D eigenvalue weighted by atomic mass is 9.95. The molecule has 1 saturated heterocycles. The maximum atomic E-state index is 13.8. The highest BCUT2D eigenvalue weighted by Gasteiger charge is 2.29. The van der Waals surface area contributed by atoms with Crippen LogP contribution >= 0.6 is 11.6 Å². The molecule has 0 unspecified atom stereocenters. The van der Waals surface area contributed by atoms with Crippen molar-refractivity contribution in [1.82, 2.24) is 15.8 Å². The molecular weight excluding hydrogens is 404 g/mol. The lowest BCUT2D eigenvalue weighted by Gasteiger charge is -2.31. The molecule has 1 heterocycles. The number of carbonyl (C=O) groups is 3. The van der Waals surface area contributed by atoms with Crippen LogP contribution in [-0.4, -0.2) is 35.7 Å². The van der Waals surface area contributed by atoms with E-state index in [1.165, 1.54) is 17.0 Å². The van der Waals surface area contributed by atoms with Gasteiger partial charge in [-0.2, -0.15) is 0 Å². The summed E-state index contributed by atoms with van der Waals surface area (Å²) in [6.07, 6.45) is 0.717. The molecule has 3 amide bonds. The van der Waals surface area contributed by atoms with Gasteiger partial charge in [0, 0.05) is 35.7 Å². The Labute approximate surface area is 170 Å². The fourth-order valence-corrected chi connectivity index (χ4v) is 3.20. The number of likely N-dealkylation sites (tertiary alicyclic amines) is 1. The van der Waals surface area contributed by atoms with Gasteiger partial charge in [-0.3, -0.25) is 25.2 Å². The van der Waals surface area contributed by atoms with E-state index >= 15 is 0 Å². The lowest BCUT2D eigenvalue weighted by Crippen LogP contribution is -2.48. The summed E-state index contributed by atoms with van der Waals surface area (Å²) >= 11 is 5.77. The highest BCUT2D eigenvalue weighted by atomic mass is 35.5. The van der Waals surface area contributed by atoms with E-state index in [1.807, 2.05) is 0 Å². The monoisotopic (exact) mass is 421 g/mol. The molecule has 152 valence electrons. The van der Waals surface area contributed by atoms with Gasteiger partial charge in [0.15, 0.2) is 0 Å². The molecule has 0 atom stereocenters. The molecule has 1 fully saturated rings. The average Bonchev–Trinajstić information content (AvgIpc) is 2.72. The summed E-state index contributed by atoms with van der Waals surface area (Å²) in [5, 5.41) is 0.493. The van der Waals surface area contributed by atoms with Crippen LogP contribution in [0.15, 0.2) is 42.5 Å². The topological polar surface area (TPSA) is 78.5 Å². The number of nitrogens with one attached hydrogen (secondary N) is 2. The Hall–Kier alpha value is -3.00. The fraction of sp³-hybridized carbons (Fsp3) is 0.250. The summed E-state index contributed by atoms with van der Waals surface area (Å²) in [4.78, 5) is 38.1. The molecule has 1 aliphatic heterocycles. The van der Waals surface area contributed by atoms with E-state index < -0.39 is 29.4 Å². The third-order valence-electron chi connectivity index (χ3n) is 4.72. The van der Waals surface area contributed by atoms with Gasteiger partial charge >= 0.3 is 0 Å². The van der Waals surface area contributed by atoms with Crippen molar-refractivity contribution < 1.29 is 23.2 Å². The first-order valence-electron chi connectivity index (χ1n) is 8.95. The molecule has 29 heavy (non-hydrogen) atoms. The summed E-state index contributed by atoms with van der Waals surface area (Å²) in [6, 6.07) is 8.99. The zero-order valence-electron chi connectivity index (χ0n) is 15.3. The van der Waals surface area contributed by atoms with Crippen LogP contribution in [0, 0.1) is 17.6 Å². The molecule has 2 aromatic rings. The van der Waals surface area contributed by atoms with Gasteiger partial charge in [-0.25, -0.2) is 8.78 Å².